The number of nitrogens with zero attached hydrogens (tertiary/aromatic N) is 1. The number of ether oxygens (including phenoxy) is 1. The average Bonchev–Trinajstić information content (AvgIpc) is 2.61. The summed E-state index contributed by atoms with van der Waals surface area (Å²) >= 11 is 0. The van der Waals surface area contributed by atoms with Crippen molar-refractivity contribution >= 4 is 35.8 Å². The van der Waals surface area contributed by atoms with E-state index in [2.05, 4.69) is 20.9 Å². The Hall–Kier alpha value is -1.58. The van der Waals surface area contributed by atoms with E-state index in [1.165, 1.54) is 18.6 Å². The fraction of sp³-hybridized carbons (Fsp3) is 0.600. The Bertz CT molecular complexity index is 626. The SMILES string of the molecule is CCC(CNC(=NC)NCCCNC(=O)C1CCC1)Oc1cccc(F)c1.I. The molecule has 1 aliphatic carbocycles. The van der Waals surface area contributed by atoms with E-state index in [-0.39, 0.29) is 47.7 Å². The molecule has 1 unspecified atom stereocenters. The Labute approximate surface area is 184 Å². The summed E-state index contributed by atoms with van der Waals surface area (Å²) < 4.78 is 19.1. The first-order chi connectivity index (χ1) is 13.1. The van der Waals surface area contributed by atoms with Gasteiger partial charge in [-0.2, -0.15) is 0 Å². The predicted octanol–water partition coefficient (Wildman–Crippen LogP) is 3.07. The molecule has 1 atom stereocenters. The normalized spacial score (nSPS) is 15.0. The zero-order valence-electron chi connectivity index (χ0n) is 16.7. The maximum atomic E-state index is 13.3. The molecule has 158 valence electrons. The second kappa shape index (κ2) is 13.6. The van der Waals surface area contributed by atoms with E-state index < -0.39 is 0 Å². The van der Waals surface area contributed by atoms with Crippen molar-refractivity contribution in [2.75, 3.05) is 26.7 Å². The highest BCUT2D eigenvalue weighted by molar-refractivity contribution is 14.0. The van der Waals surface area contributed by atoms with Crippen LogP contribution in [0.1, 0.15) is 39.0 Å². The van der Waals surface area contributed by atoms with Gasteiger partial charge in [-0.25, -0.2) is 4.39 Å². The molecule has 28 heavy (non-hydrogen) atoms. The lowest BCUT2D eigenvalue weighted by atomic mass is 9.85. The van der Waals surface area contributed by atoms with E-state index in [1.807, 2.05) is 6.92 Å². The summed E-state index contributed by atoms with van der Waals surface area (Å²) in [5.74, 6) is 1.31. The van der Waals surface area contributed by atoms with Gasteiger partial charge in [0.15, 0.2) is 5.96 Å². The number of hydrogen-bond donors (Lipinski definition) is 3. The maximum Gasteiger partial charge on any atom is 0.223 e. The van der Waals surface area contributed by atoms with Gasteiger partial charge < -0.3 is 20.7 Å². The second-order valence-electron chi connectivity index (χ2n) is 6.76. The lowest BCUT2D eigenvalue weighted by molar-refractivity contribution is -0.127. The summed E-state index contributed by atoms with van der Waals surface area (Å²) in [6, 6.07) is 6.16. The van der Waals surface area contributed by atoms with Crippen LogP contribution in [-0.4, -0.2) is 44.7 Å². The standard InChI is InChI=1S/C20H31FN4O2.HI/c1-3-17(27-18-10-5-9-16(21)13-18)14-25-20(22-2)24-12-6-11-23-19(26)15-7-4-8-15;/h5,9-10,13,15,17H,3-4,6-8,11-12,14H2,1-2H3,(H,23,26)(H2,22,24,25);1H. The summed E-state index contributed by atoms with van der Waals surface area (Å²) in [5.41, 5.74) is 0. The molecule has 1 aromatic carbocycles. The van der Waals surface area contributed by atoms with Crippen LogP contribution in [0.3, 0.4) is 0 Å². The Morgan fingerprint density at radius 3 is 2.64 bits per heavy atom. The Morgan fingerprint density at radius 2 is 2.04 bits per heavy atom. The molecule has 0 spiro atoms. The van der Waals surface area contributed by atoms with Crippen LogP contribution in [0, 0.1) is 11.7 Å². The van der Waals surface area contributed by atoms with Crippen LogP contribution in [0.2, 0.25) is 0 Å². The highest BCUT2D eigenvalue weighted by Gasteiger charge is 2.24. The maximum absolute atomic E-state index is 13.3. The van der Waals surface area contributed by atoms with Crippen LogP contribution in [0.5, 0.6) is 5.75 Å². The van der Waals surface area contributed by atoms with E-state index in [1.54, 1.807) is 19.2 Å². The molecule has 2 rings (SSSR count). The first-order valence-corrected chi connectivity index (χ1v) is 9.76. The largest absolute Gasteiger partial charge is 0.489 e. The molecule has 0 aromatic heterocycles. The topological polar surface area (TPSA) is 74.8 Å². The van der Waals surface area contributed by atoms with E-state index in [0.717, 1.165) is 25.7 Å². The molecule has 8 heteroatoms. The van der Waals surface area contributed by atoms with Crippen molar-refractivity contribution in [2.24, 2.45) is 10.9 Å². The van der Waals surface area contributed by atoms with Gasteiger partial charge in [0.05, 0.1) is 6.54 Å². The van der Waals surface area contributed by atoms with Crippen LogP contribution in [-0.2, 0) is 4.79 Å². The number of carbonyl (C=O) groups excluding carboxylic acids is 1. The minimum atomic E-state index is -0.308. The van der Waals surface area contributed by atoms with Crippen LogP contribution < -0.4 is 20.7 Å². The van der Waals surface area contributed by atoms with Crippen molar-refractivity contribution < 1.29 is 13.9 Å². The van der Waals surface area contributed by atoms with Crippen molar-refractivity contribution in [3.8, 4) is 5.75 Å². The molecular weight excluding hydrogens is 474 g/mol. The molecule has 3 N–H and O–H groups in total. The van der Waals surface area contributed by atoms with Crippen molar-refractivity contribution in [1.82, 2.24) is 16.0 Å². The highest BCUT2D eigenvalue weighted by Crippen LogP contribution is 2.26. The summed E-state index contributed by atoms with van der Waals surface area (Å²) in [7, 11) is 1.71. The van der Waals surface area contributed by atoms with Gasteiger partial charge in [-0.3, -0.25) is 9.79 Å². The number of aliphatic imine (C=N–C) groups is 1. The Morgan fingerprint density at radius 1 is 1.29 bits per heavy atom. The number of hydrogen-bond acceptors (Lipinski definition) is 3. The van der Waals surface area contributed by atoms with E-state index in [4.69, 9.17) is 4.74 Å². The van der Waals surface area contributed by atoms with Crippen molar-refractivity contribution in [3.05, 3.63) is 30.1 Å². The van der Waals surface area contributed by atoms with Gasteiger partial charge in [0.2, 0.25) is 5.91 Å². The van der Waals surface area contributed by atoms with Gasteiger partial charge >= 0.3 is 0 Å². The summed E-state index contributed by atoms with van der Waals surface area (Å²) in [5, 5.41) is 9.43. The van der Waals surface area contributed by atoms with Crippen LogP contribution in [0.4, 0.5) is 4.39 Å². The fourth-order valence-corrected chi connectivity index (χ4v) is 2.75. The minimum Gasteiger partial charge on any atom is -0.489 e. The molecule has 6 nitrogen and oxygen atoms in total. The van der Waals surface area contributed by atoms with Crippen molar-refractivity contribution in [3.63, 3.8) is 0 Å². The summed E-state index contributed by atoms with van der Waals surface area (Å²) in [6.45, 7) is 3.96. The van der Waals surface area contributed by atoms with Gasteiger partial charge in [-0.1, -0.05) is 19.4 Å². The molecule has 1 saturated carbocycles. The lowest BCUT2D eigenvalue weighted by Crippen LogP contribution is -2.43. The minimum absolute atomic E-state index is 0. The van der Waals surface area contributed by atoms with Gasteiger partial charge in [0, 0.05) is 32.1 Å². The van der Waals surface area contributed by atoms with Gasteiger partial charge in [-0.05, 0) is 37.8 Å². The number of halogens is 2. The fourth-order valence-electron chi connectivity index (χ4n) is 2.75. The zero-order chi connectivity index (χ0) is 19.5. The average molecular weight is 506 g/mol. The third-order valence-electron chi connectivity index (χ3n) is 4.70. The zero-order valence-corrected chi connectivity index (χ0v) is 19.0. The van der Waals surface area contributed by atoms with E-state index in [0.29, 0.717) is 31.3 Å². The van der Waals surface area contributed by atoms with Crippen LogP contribution in [0.15, 0.2) is 29.3 Å². The number of benzene rings is 1. The molecular formula is C20H32FIN4O2. The highest BCUT2D eigenvalue weighted by atomic mass is 127. The molecule has 1 amide bonds. The predicted molar refractivity (Wildman–Crippen MR) is 121 cm³/mol. The first kappa shape index (κ1) is 24.5. The number of guanidine groups is 1. The second-order valence-corrected chi connectivity index (χ2v) is 6.76. The van der Waals surface area contributed by atoms with Crippen LogP contribution in [0.25, 0.3) is 0 Å². The van der Waals surface area contributed by atoms with Gasteiger partial charge in [0.25, 0.3) is 0 Å². The molecule has 1 aliphatic rings. The number of rotatable bonds is 10. The molecule has 0 saturated heterocycles. The van der Waals surface area contributed by atoms with Gasteiger partial charge in [-0.15, -0.1) is 24.0 Å². The van der Waals surface area contributed by atoms with Crippen molar-refractivity contribution in [1.29, 1.82) is 0 Å². The Balaban J connectivity index is 0.00000392. The quantitative estimate of drug-likeness (QED) is 0.198. The van der Waals surface area contributed by atoms with E-state index in [9.17, 15) is 9.18 Å². The summed E-state index contributed by atoms with van der Waals surface area (Å²) in [6.07, 6.45) is 4.74. The lowest BCUT2D eigenvalue weighted by Gasteiger charge is -2.24. The van der Waals surface area contributed by atoms with Crippen molar-refractivity contribution in [2.45, 2.75) is 45.1 Å². The molecule has 0 bridgehead atoms. The molecule has 1 fully saturated rings. The smallest absolute Gasteiger partial charge is 0.223 e. The van der Waals surface area contributed by atoms with Crippen LogP contribution >= 0.6 is 24.0 Å². The summed E-state index contributed by atoms with van der Waals surface area (Å²) in [4.78, 5) is 15.9. The number of nitrogens with one attached hydrogen (secondary N) is 3. The molecule has 0 aliphatic heterocycles. The third kappa shape index (κ3) is 8.62. The number of amides is 1. The van der Waals surface area contributed by atoms with Gasteiger partial charge in [0.1, 0.15) is 17.7 Å². The number of carbonyl (C=O) groups is 1. The molecule has 0 heterocycles. The molecule has 0 radical (unpaired) electrons. The molecule has 1 aromatic rings. The Kier molecular flexibility index (Phi) is 11.9. The monoisotopic (exact) mass is 506 g/mol. The third-order valence-corrected chi connectivity index (χ3v) is 4.70. The van der Waals surface area contributed by atoms with E-state index >= 15 is 0 Å². The first-order valence-electron chi connectivity index (χ1n) is 9.76.